The lowest BCUT2D eigenvalue weighted by Crippen LogP contribution is -2.47. The Morgan fingerprint density at radius 3 is 1.36 bits per heavy atom. The number of carbonyl (C=O) groups is 1. The number of rotatable bonds is 16. The van der Waals surface area contributed by atoms with E-state index in [1.807, 2.05) is 0 Å². The minimum absolute atomic E-state index is 0.0832. The molecule has 0 aromatic carbocycles. The van der Waals surface area contributed by atoms with Crippen LogP contribution in [-0.2, 0) is 23.7 Å². The molecule has 0 saturated carbocycles. The smallest absolute Gasteiger partial charge is 0.0757 e. The fourth-order valence-electron chi connectivity index (χ4n) is 2.18. The van der Waals surface area contributed by atoms with Gasteiger partial charge in [-0.15, -0.1) is 0 Å². The summed E-state index contributed by atoms with van der Waals surface area (Å²) in [6, 6.07) is 0. The molecule has 0 heterocycles. The van der Waals surface area contributed by atoms with Crippen LogP contribution >= 0.6 is 0 Å². The number of carboxylic acids is 1. The first kappa shape index (κ1) is 26.5. The summed E-state index contributed by atoms with van der Waals surface area (Å²) >= 11 is 0. The van der Waals surface area contributed by atoms with Gasteiger partial charge < -0.3 is 33.3 Å². The van der Waals surface area contributed by atoms with E-state index in [-0.39, 0.29) is 13.0 Å². The van der Waals surface area contributed by atoms with Gasteiger partial charge in [0.1, 0.15) is 0 Å². The first-order valence-electron chi connectivity index (χ1n) is 9.28. The molecule has 7 heteroatoms. The molecule has 0 spiro atoms. The second-order valence-corrected chi connectivity index (χ2v) is 5.56. The lowest BCUT2D eigenvalue weighted by atomic mass is 10.3. The molecule has 0 bridgehead atoms. The molecule has 0 aliphatic carbocycles. The number of ether oxygens (including phenoxy) is 4. The average Bonchev–Trinajstić information content (AvgIpc) is 2.62. The number of quaternary nitrogens is 1. The van der Waals surface area contributed by atoms with Gasteiger partial charge in [-0.2, -0.15) is 0 Å². The normalized spacial score (nSPS) is 11.1. The molecule has 0 amide bonds. The molecule has 0 N–H and O–H groups in total. The number of nitrogens with zero attached hydrogens (tertiary/aromatic N) is 1. The molecule has 0 aliphatic heterocycles. The zero-order chi connectivity index (χ0) is 19.4. The van der Waals surface area contributed by atoms with Gasteiger partial charge in [-0.1, -0.05) is 0 Å². The average molecular weight is 366 g/mol. The van der Waals surface area contributed by atoms with Gasteiger partial charge in [0.25, 0.3) is 0 Å². The maximum Gasteiger partial charge on any atom is 0.0757 e. The summed E-state index contributed by atoms with van der Waals surface area (Å²) in [7, 11) is 1.61. The van der Waals surface area contributed by atoms with Crippen molar-refractivity contribution in [3.63, 3.8) is 0 Å². The molecule has 0 radical (unpaired) electrons. The summed E-state index contributed by atoms with van der Waals surface area (Å²) in [5, 5.41) is 10.0. The van der Waals surface area contributed by atoms with Gasteiger partial charge in [0.2, 0.25) is 0 Å². The Morgan fingerprint density at radius 1 is 0.720 bits per heavy atom. The van der Waals surface area contributed by atoms with Crippen LogP contribution in [0.5, 0.6) is 0 Å². The van der Waals surface area contributed by atoms with Crippen molar-refractivity contribution in [2.24, 2.45) is 0 Å². The number of hydrogen-bond donors (Lipinski definition) is 0. The Bertz CT molecular complexity index is 267. The number of carboxylic acid groups (broad SMARTS) is 1. The van der Waals surface area contributed by atoms with Crippen LogP contribution in [0.25, 0.3) is 0 Å². The minimum Gasteiger partial charge on any atom is -0.550 e. The number of aliphatic carboxylic acids is 1. The Hall–Kier alpha value is -0.730. The van der Waals surface area contributed by atoms with Crippen LogP contribution in [0.2, 0.25) is 0 Å². The summed E-state index contributed by atoms with van der Waals surface area (Å²) in [6.07, 6.45) is -0.0832. The van der Waals surface area contributed by atoms with Crippen molar-refractivity contribution in [1.82, 2.24) is 0 Å². The van der Waals surface area contributed by atoms with E-state index in [0.717, 1.165) is 0 Å². The highest BCUT2D eigenvalue weighted by molar-refractivity contribution is 5.64. The van der Waals surface area contributed by atoms with Crippen molar-refractivity contribution >= 4 is 5.97 Å². The first-order valence-corrected chi connectivity index (χ1v) is 9.28. The van der Waals surface area contributed by atoms with Crippen LogP contribution in [0, 0.1) is 0 Å². The maximum absolute atomic E-state index is 10.0. The van der Waals surface area contributed by atoms with Crippen LogP contribution in [0.15, 0.2) is 0 Å². The quantitative estimate of drug-likeness (QED) is 0.296. The molecule has 0 rings (SSSR count). The predicted molar refractivity (Wildman–Crippen MR) is 96.4 cm³/mol. The highest BCUT2D eigenvalue weighted by Gasteiger charge is 2.16. The van der Waals surface area contributed by atoms with E-state index in [2.05, 4.69) is 27.7 Å². The van der Waals surface area contributed by atoms with Crippen molar-refractivity contribution in [2.75, 3.05) is 79.5 Å². The zero-order valence-electron chi connectivity index (χ0n) is 16.9. The Labute approximate surface area is 153 Å². The second kappa shape index (κ2) is 19.6. The lowest BCUT2D eigenvalue weighted by molar-refractivity contribution is -0.921. The third-order valence-electron chi connectivity index (χ3n) is 4.31. The summed E-state index contributed by atoms with van der Waals surface area (Å²) < 4.78 is 21.4. The van der Waals surface area contributed by atoms with E-state index in [1.54, 1.807) is 7.11 Å². The third kappa shape index (κ3) is 17.9. The maximum atomic E-state index is 10.0. The molecule has 0 atom stereocenters. The number of carbonyl (C=O) groups excluding carboxylic acids is 1. The Kier molecular flexibility index (Phi) is 20.8. The number of methoxy groups -OCH3 is 1. The number of hydrogen-bond acceptors (Lipinski definition) is 6. The molecule has 152 valence electrons. The van der Waals surface area contributed by atoms with E-state index in [0.29, 0.717) is 39.6 Å². The third-order valence-corrected chi connectivity index (χ3v) is 4.31. The topological polar surface area (TPSA) is 77.0 Å². The summed E-state index contributed by atoms with van der Waals surface area (Å²) in [4.78, 5) is 10.0. The highest BCUT2D eigenvalue weighted by atomic mass is 16.6. The van der Waals surface area contributed by atoms with Crippen molar-refractivity contribution in [3.8, 4) is 0 Å². The van der Waals surface area contributed by atoms with Crippen molar-refractivity contribution < 1.29 is 33.3 Å². The van der Waals surface area contributed by atoms with E-state index in [9.17, 15) is 9.90 Å². The van der Waals surface area contributed by atoms with Crippen molar-refractivity contribution in [3.05, 3.63) is 0 Å². The molecular formula is C18H39NO6. The van der Waals surface area contributed by atoms with Gasteiger partial charge in [-0.25, -0.2) is 0 Å². The van der Waals surface area contributed by atoms with Crippen LogP contribution < -0.4 is 5.11 Å². The van der Waals surface area contributed by atoms with Gasteiger partial charge in [-0.3, -0.25) is 0 Å². The summed E-state index contributed by atoms with van der Waals surface area (Å²) in [5.41, 5.74) is 0. The van der Waals surface area contributed by atoms with Crippen molar-refractivity contribution in [1.29, 1.82) is 0 Å². The monoisotopic (exact) mass is 365 g/mol. The first-order chi connectivity index (χ1) is 12.0. The Balaban J connectivity index is 0. The lowest BCUT2D eigenvalue weighted by Gasteiger charge is -2.34. The fourth-order valence-corrected chi connectivity index (χ4v) is 2.18. The standard InChI is InChI=1S/C10H20O6.C8H20N/c1-13-4-5-15-8-9-16-7-6-14-3-2-10(11)12;1-5-9(6-2,7-3)8-4/h2-9H2,1H3,(H,11,12);5-8H2,1-4H3/q;+1/p-1. The van der Waals surface area contributed by atoms with E-state index >= 15 is 0 Å². The molecule has 0 unspecified atom stereocenters. The molecular weight excluding hydrogens is 326 g/mol. The van der Waals surface area contributed by atoms with Crippen LogP contribution in [0.4, 0.5) is 0 Å². The molecule has 7 nitrogen and oxygen atoms in total. The summed E-state index contributed by atoms with van der Waals surface area (Å²) in [5.74, 6) is -1.10. The van der Waals surface area contributed by atoms with Crippen molar-refractivity contribution in [2.45, 2.75) is 34.1 Å². The van der Waals surface area contributed by atoms with Gasteiger partial charge in [0, 0.05) is 19.5 Å². The zero-order valence-corrected chi connectivity index (χ0v) is 16.9. The van der Waals surface area contributed by atoms with E-state index in [1.165, 1.54) is 30.7 Å². The fraction of sp³-hybridized carbons (Fsp3) is 0.944. The molecule has 25 heavy (non-hydrogen) atoms. The van der Waals surface area contributed by atoms with E-state index in [4.69, 9.17) is 18.9 Å². The van der Waals surface area contributed by atoms with E-state index < -0.39 is 5.97 Å². The van der Waals surface area contributed by atoms with Gasteiger partial charge >= 0.3 is 0 Å². The second-order valence-electron chi connectivity index (χ2n) is 5.56. The Morgan fingerprint density at radius 2 is 1.08 bits per heavy atom. The van der Waals surface area contributed by atoms with Gasteiger partial charge in [0.05, 0.1) is 72.4 Å². The van der Waals surface area contributed by atoms with Crippen LogP contribution in [-0.4, -0.2) is 90.0 Å². The summed E-state index contributed by atoms with van der Waals surface area (Å²) in [6.45, 7) is 17.3. The van der Waals surface area contributed by atoms with Crippen LogP contribution in [0.3, 0.4) is 0 Å². The largest absolute Gasteiger partial charge is 0.550 e. The van der Waals surface area contributed by atoms with Gasteiger partial charge in [0.15, 0.2) is 0 Å². The highest BCUT2D eigenvalue weighted by Crippen LogP contribution is 2.03. The molecule has 0 aromatic heterocycles. The molecule has 0 fully saturated rings. The van der Waals surface area contributed by atoms with Gasteiger partial charge in [-0.05, 0) is 27.7 Å². The molecule has 0 aliphatic rings. The molecule has 0 saturated heterocycles. The van der Waals surface area contributed by atoms with Crippen LogP contribution in [0.1, 0.15) is 34.1 Å². The minimum atomic E-state index is -1.10. The SMILES string of the molecule is CC[N+](CC)(CC)CC.COCCOCCOCCOCCC(=O)[O-]. The predicted octanol–water partition coefficient (Wildman–Crippen LogP) is 0.705. The molecule has 0 aromatic rings.